The number of carbonyl (C=O) groups excluding carboxylic acids is 1. The van der Waals surface area contributed by atoms with Crippen molar-refractivity contribution in [2.75, 3.05) is 5.32 Å². The number of anilines is 1. The fourth-order valence-corrected chi connectivity index (χ4v) is 3.40. The van der Waals surface area contributed by atoms with Crippen LogP contribution in [0.5, 0.6) is 0 Å². The predicted octanol–water partition coefficient (Wildman–Crippen LogP) is 4.38. The smallest absolute Gasteiger partial charge is 0.228 e. The number of fused-ring (bicyclic) bond motifs is 1. The van der Waals surface area contributed by atoms with E-state index in [-0.39, 0.29) is 12.3 Å². The summed E-state index contributed by atoms with van der Waals surface area (Å²) in [6, 6.07) is 15.5. The molecule has 2 heterocycles. The number of halogens is 1. The largest absolute Gasteiger partial charge is 0.324 e. The first-order chi connectivity index (χ1) is 13.2. The van der Waals surface area contributed by atoms with Gasteiger partial charge in [-0.05, 0) is 29.3 Å². The predicted molar refractivity (Wildman–Crippen MR) is 107 cm³/mol. The Hall–Kier alpha value is -3.18. The zero-order valence-electron chi connectivity index (χ0n) is 14.4. The van der Waals surface area contributed by atoms with E-state index in [1.54, 1.807) is 18.6 Å². The highest BCUT2D eigenvalue weighted by Crippen LogP contribution is 2.22. The molecule has 27 heavy (non-hydrogen) atoms. The van der Waals surface area contributed by atoms with Crippen LogP contribution in [0.2, 0.25) is 5.02 Å². The number of hydrogen-bond acceptors (Lipinski definition) is 3. The van der Waals surface area contributed by atoms with E-state index >= 15 is 0 Å². The number of benzene rings is 2. The zero-order valence-corrected chi connectivity index (χ0v) is 15.2. The molecular formula is C21H17ClN4O. The van der Waals surface area contributed by atoms with Crippen LogP contribution in [0.3, 0.4) is 0 Å². The van der Waals surface area contributed by atoms with Crippen molar-refractivity contribution in [3.63, 3.8) is 0 Å². The molecule has 2 N–H and O–H groups in total. The summed E-state index contributed by atoms with van der Waals surface area (Å²) in [4.78, 5) is 16.8. The van der Waals surface area contributed by atoms with Crippen molar-refractivity contribution < 1.29 is 4.79 Å². The van der Waals surface area contributed by atoms with Gasteiger partial charge in [0.15, 0.2) is 0 Å². The van der Waals surface area contributed by atoms with Crippen LogP contribution in [0.4, 0.5) is 5.69 Å². The van der Waals surface area contributed by atoms with Crippen molar-refractivity contribution in [3.8, 4) is 0 Å². The van der Waals surface area contributed by atoms with E-state index < -0.39 is 0 Å². The topological polar surface area (TPSA) is 70.7 Å². The molecule has 2 aromatic heterocycles. The number of amides is 1. The first-order valence-corrected chi connectivity index (χ1v) is 8.94. The van der Waals surface area contributed by atoms with Crippen LogP contribution in [0, 0.1) is 0 Å². The van der Waals surface area contributed by atoms with E-state index in [9.17, 15) is 4.79 Å². The molecule has 0 radical (unpaired) electrons. The molecule has 0 saturated heterocycles. The minimum atomic E-state index is -0.108. The molecule has 0 saturated carbocycles. The summed E-state index contributed by atoms with van der Waals surface area (Å²) in [5, 5.41) is 12.4. The lowest BCUT2D eigenvalue weighted by atomic mass is 10.0. The number of nitrogens with zero attached hydrogens (tertiary/aromatic N) is 2. The quantitative estimate of drug-likeness (QED) is 0.543. The van der Waals surface area contributed by atoms with Crippen LogP contribution >= 0.6 is 11.6 Å². The minimum absolute atomic E-state index is 0.108. The third-order valence-corrected chi connectivity index (χ3v) is 4.50. The molecule has 4 aromatic rings. The highest BCUT2D eigenvalue weighted by molar-refractivity contribution is 6.30. The summed E-state index contributed by atoms with van der Waals surface area (Å²) in [6.45, 7) is 0. The fraction of sp³-hybridized carbons (Fsp3) is 0.0952. The molecule has 0 aliphatic rings. The van der Waals surface area contributed by atoms with Gasteiger partial charge in [0, 0.05) is 40.3 Å². The Labute approximate surface area is 161 Å². The maximum atomic E-state index is 12.6. The van der Waals surface area contributed by atoms with Gasteiger partial charge in [-0.15, -0.1) is 0 Å². The van der Waals surface area contributed by atoms with E-state index in [1.165, 1.54) is 0 Å². The van der Waals surface area contributed by atoms with Crippen LogP contribution in [0.25, 0.3) is 10.8 Å². The average Bonchev–Trinajstić information content (AvgIpc) is 3.14. The number of rotatable bonds is 5. The van der Waals surface area contributed by atoms with Crippen molar-refractivity contribution in [1.29, 1.82) is 0 Å². The molecule has 0 atom stereocenters. The zero-order chi connectivity index (χ0) is 18.6. The molecule has 6 heteroatoms. The van der Waals surface area contributed by atoms with Crippen LogP contribution in [0.1, 0.15) is 16.8 Å². The Morgan fingerprint density at radius 3 is 2.78 bits per heavy atom. The first kappa shape index (κ1) is 17.2. The van der Waals surface area contributed by atoms with Gasteiger partial charge in [-0.3, -0.25) is 14.9 Å². The van der Waals surface area contributed by atoms with Crippen LogP contribution in [0.15, 0.2) is 67.1 Å². The summed E-state index contributed by atoms with van der Waals surface area (Å²) in [5.41, 5.74) is 3.59. The molecular weight excluding hydrogens is 360 g/mol. The van der Waals surface area contributed by atoms with E-state index in [1.807, 2.05) is 48.5 Å². The highest BCUT2D eigenvalue weighted by Gasteiger charge is 2.09. The average molecular weight is 377 g/mol. The number of nitrogens with one attached hydrogen (secondary N) is 2. The monoisotopic (exact) mass is 376 g/mol. The second kappa shape index (κ2) is 7.60. The fourth-order valence-electron chi connectivity index (χ4n) is 3.12. The summed E-state index contributed by atoms with van der Waals surface area (Å²) in [6.07, 6.45) is 6.08. The Balaban J connectivity index is 1.51. The first-order valence-electron chi connectivity index (χ1n) is 8.56. The molecule has 4 rings (SSSR count). The second-order valence-electron chi connectivity index (χ2n) is 6.36. The minimum Gasteiger partial charge on any atom is -0.324 e. The van der Waals surface area contributed by atoms with Crippen molar-refractivity contribution >= 4 is 34.0 Å². The molecule has 0 spiro atoms. The maximum Gasteiger partial charge on any atom is 0.228 e. The molecule has 0 aliphatic carbocycles. The lowest BCUT2D eigenvalue weighted by Crippen LogP contribution is -2.15. The standard InChI is InChI=1S/C21H17ClN4O/c22-17-8-14(10-18-5-6-24-26-18)7-15(9-17)11-21(27)25-20-13-23-12-16-3-1-2-4-19(16)20/h1-9,12-13H,10-11H2,(H,24,26)(H,25,27). The summed E-state index contributed by atoms with van der Waals surface area (Å²) in [5.74, 6) is -0.108. The van der Waals surface area contributed by atoms with E-state index in [4.69, 9.17) is 11.6 Å². The van der Waals surface area contributed by atoms with Gasteiger partial charge in [-0.25, -0.2) is 0 Å². The Bertz CT molecular complexity index is 1090. The van der Waals surface area contributed by atoms with E-state index in [0.29, 0.717) is 17.1 Å². The SMILES string of the molecule is O=C(Cc1cc(Cl)cc(Cc2ccn[nH]2)c1)Nc1cncc2ccccc12. The van der Waals surface area contributed by atoms with Gasteiger partial charge in [-0.1, -0.05) is 41.9 Å². The van der Waals surface area contributed by atoms with Crippen molar-refractivity contribution in [3.05, 3.63) is 89.0 Å². The Morgan fingerprint density at radius 2 is 1.93 bits per heavy atom. The van der Waals surface area contributed by atoms with Gasteiger partial charge in [0.1, 0.15) is 0 Å². The maximum absolute atomic E-state index is 12.6. The lowest BCUT2D eigenvalue weighted by molar-refractivity contribution is -0.115. The molecule has 0 bridgehead atoms. The molecule has 0 fully saturated rings. The number of aromatic amines is 1. The lowest BCUT2D eigenvalue weighted by Gasteiger charge is -2.09. The normalized spacial score (nSPS) is 10.9. The summed E-state index contributed by atoms with van der Waals surface area (Å²) in [7, 11) is 0. The van der Waals surface area contributed by atoms with Crippen molar-refractivity contribution in [2.45, 2.75) is 12.8 Å². The van der Waals surface area contributed by atoms with Crippen LogP contribution < -0.4 is 5.32 Å². The molecule has 5 nitrogen and oxygen atoms in total. The number of H-pyrrole nitrogens is 1. The highest BCUT2D eigenvalue weighted by atomic mass is 35.5. The number of carbonyl (C=O) groups is 1. The summed E-state index contributed by atoms with van der Waals surface area (Å²) >= 11 is 6.24. The van der Waals surface area contributed by atoms with Gasteiger partial charge >= 0.3 is 0 Å². The number of aromatic nitrogens is 3. The van der Waals surface area contributed by atoms with Crippen LogP contribution in [-0.2, 0) is 17.6 Å². The van der Waals surface area contributed by atoms with Gasteiger partial charge < -0.3 is 5.32 Å². The number of pyridine rings is 1. The molecule has 2 aromatic carbocycles. The van der Waals surface area contributed by atoms with E-state index in [2.05, 4.69) is 20.5 Å². The third-order valence-electron chi connectivity index (χ3n) is 4.28. The van der Waals surface area contributed by atoms with Crippen molar-refractivity contribution in [1.82, 2.24) is 15.2 Å². The third kappa shape index (κ3) is 4.15. The Kier molecular flexibility index (Phi) is 4.85. The van der Waals surface area contributed by atoms with Crippen molar-refractivity contribution in [2.24, 2.45) is 0 Å². The van der Waals surface area contributed by atoms with Gasteiger partial charge in [0.25, 0.3) is 0 Å². The summed E-state index contributed by atoms with van der Waals surface area (Å²) < 4.78 is 0. The Morgan fingerprint density at radius 1 is 1.07 bits per heavy atom. The molecule has 0 aliphatic heterocycles. The van der Waals surface area contributed by atoms with Gasteiger partial charge in [-0.2, -0.15) is 5.10 Å². The van der Waals surface area contributed by atoms with Gasteiger partial charge in [0.05, 0.1) is 18.3 Å². The number of hydrogen-bond donors (Lipinski definition) is 2. The second-order valence-corrected chi connectivity index (χ2v) is 6.80. The molecule has 1 amide bonds. The molecule has 0 unspecified atom stereocenters. The van der Waals surface area contributed by atoms with Gasteiger partial charge in [0.2, 0.25) is 5.91 Å². The van der Waals surface area contributed by atoms with Crippen LogP contribution in [-0.4, -0.2) is 21.1 Å². The van der Waals surface area contributed by atoms with E-state index in [0.717, 1.165) is 27.6 Å². The molecule has 134 valence electrons.